The maximum Gasteiger partial charge on any atom is 0.191 e. The van der Waals surface area contributed by atoms with Gasteiger partial charge < -0.3 is 15.4 Å². The van der Waals surface area contributed by atoms with Crippen LogP contribution in [-0.4, -0.2) is 33.7 Å². The first-order valence-electron chi connectivity index (χ1n) is 9.26. The summed E-state index contributed by atoms with van der Waals surface area (Å²) < 4.78 is 7.39. The van der Waals surface area contributed by atoms with Gasteiger partial charge in [0.15, 0.2) is 17.4 Å². The summed E-state index contributed by atoms with van der Waals surface area (Å²) in [6.07, 6.45) is 1.96. The maximum atomic E-state index is 5.43. The molecule has 7 heteroatoms. The molecule has 0 unspecified atom stereocenters. The first kappa shape index (κ1) is 18.8. The molecule has 0 atom stereocenters. The number of hydrogen-bond donors (Lipinski definition) is 2. The largest absolute Gasteiger partial charge is 0.377 e. The summed E-state index contributed by atoms with van der Waals surface area (Å²) in [5, 5.41) is 15.0. The van der Waals surface area contributed by atoms with Crippen molar-refractivity contribution in [1.82, 2.24) is 25.2 Å². The Morgan fingerprint density at radius 1 is 1.04 bits per heavy atom. The Labute approximate surface area is 159 Å². The summed E-state index contributed by atoms with van der Waals surface area (Å²) in [4.78, 5) is 4.66. The van der Waals surface area contributed by atoms with Crippen LogP contribution >= 0.6 is 0 Å². The normalized spacial score (nSPS) is 11.7. The number of aliphatic imine (C=N–C) groups is 1. The minimum Gasteiger partial charge on any atom is -0.377 e. The van der Waals surface area contributed by atoms with Gasteiger partial charge in [-0.2, -0.15) is 0 Å². The lowest BCUT2D eigenvalue weighted by Crippen LogP contribution is -2.37. The molecule has 0 radical (unpaired) electrons. The molecule has 3 aromatic rings. The molecular formula is C20H26N6O. The molecule has 0 spiro atoms. The van der Waals surface area contributed by atoms with Crippen molar-refractivity contribution in [3.05, 3.63) is 65.6 Å². The average molecular weight is 366 g/mol. The number of fused-ring (bicyclic) bond motifs is 1. The molecule has 2 N–H and O–H groups in total. The van der Waals surface area contributed by atoms with Crippen LogP contribution in [0, 0.1) is 0 Å². The van der Waals surface area contributed by atoms with Gasteiger partial charge in [0.05, 0.1) is 19.7 Å². The third kappa shape index (κ3) is 5.27. The highest BCUT2D eigenvalue weighted by atomic mass is 16.5. The fourth-order valence-corrected chi connectivity index (χ4v) is 2.65. The molecule has 2 heterocycles. The number of rotatable bonds is 8. The monoisotopic (exact) mass is 366 g/mol. The zero-order valence-corrected chi connectivity index (χ0v) is 15.9. The first-order chi connectivity index (χ1) is 13.3. The molecule has 7 nitrogen and oxygen atoms in total. The molecule has 142 valence electrons. The second kappa shape index (κ2) is 9.68. The number of hydrogen-bond acceptors (Lipinski definition) is 4. The summed E-state index contributed by atoms with van der Waals surface area (Å²) in [7, 11) is 0. The van der Waals surface area contributed by atoms with Crippen molar-refractivity contribution in [1.29, 1.82) is 0 Å². The number of pyridine rings is 1. The average Bonchev–Trinajstić information content (AvgIpc) is 3.12. The van der Waals surface area contributed by atoms with Gasteiger partial charge in [0.25, 0.3) is 0 Å². The minimum absolute atomic E-state index is 0.546. The Morgan fingerprint density at radius 2 is 1.85 bits per heavy atom. The van der Waals surface area contributed by atoms with E-state index in [1.165, 1.54) is 5.56 Å². The second-order valence-corrected chi connectivity index (χ2v) is 6.05. The van der Waals surface area contributed by atoms with Gasteiger partial charge in [-0.1, -0.05) is 30.3 Å². The molecule has 2 aromatic heterocycles. The fourth-order valence-electron chi connectivity index (χ4n) is 2.65. The summed E-state index contributed by atoms with van der Waals surface area (Å²) in [6.45, 7) is 7.36. The van der Waals surface area contributed by atoms with Gasteiger partial charge >= 0.3 is 0 Å². The summed E-state index contributed by atoms with van der Waals surface area (Å²) in [6, 6.07) is 14.2. The molecule has 0 amide bonds. The van der Waals surface area contributed by atoms with E-state index in [4.69, 9.17) is 4.74 Å². The minimum atomic E-state index is 0.546. The molecule has 0 saturated carbocycles. The van der Waals surface area contributed by atoms with Crippen molar-refractivity contribution < 1.29 is 4.74 Å². The fraction of sp³-hybridized carbons (Fsp3) is 0.350. The number of aromatic nitrogens is 3. The zero-order valence-electron chi connectivity index (χ0n) is 15.9. The first-order valence-corrected chi connectivity index (χ1v) is 9.26. The Bertz CT molecular complexity index is 872. The van der Waals surface area contributed by atoms with Gasteiger partial charge in [-0.25, -0.2) is 4.99 Å². The van der Waals surface area contributed by atoms with E-state index in [1.54, 1.807) is 0 Å². The van der Waals surface area contributed by atoms with E-state index in [2.05, 4.69) is 50.1 Å². The quantitative estimate of drug-likeness (QED) is 0.473. The Morgan fingerprint density at radius 3 is 2.63 bits per heavy atom. The van der Waals surface area contributed by atoms with Gasteiger partial charge in [0.2, 0.25) is 0 Å². The van der Waals surface area contributed by atoms with Gasteiger partial charge in [-0.05, 0) is 37.1 Å². The maximum absolute atomic E-state index is 5.43. The molecule has 0 aliphatic heterocycles. The number of nitrogens with zero attached hydrogens (tertiary/aromatic N) is 4. The third-order valence-corrected chi connectivity index (χ3v) is 4.06. The van der Waals surface area contributed by atoms with Gasteiger partial charge in [0.1, 0.15) is 0 Å². The SMILES string of the molecule is CCNC(=NCc1ccc(COCC)cc1)NCc1nnc2ccccn12. The molecule has 1 aromatic carbocycles. The van der Waals surface area contributed by atoms with E-state index in [9.17, 15) is 0 Å². The van der Waals surface area contributed by atoms with Crippen LogP contribution < -0.4 is 10.6 Å². The zero-order chi connectivity index (χ0) is 18.9. The summed E-state index contributed by atoms with van der Waals surface area (Å²) >= 11 is 0. The Balaban J connectivity index is 1.60. The number of benzene rings is 1. The van der Waals surface area contributed by atoms with E-state index >= 15 is 0 Å². The van der Waals surface area contributed by atoms with Gasteiger partial charge in [-0.3, -0.25) is 4.40 Å². The molecule has 0 fully saturated rings. The highest BCUT2D eigenvalue weighted by Gasteiger charge is 2.05. The molecular weight excluding hydrogens is 340 g/mol. The van der Waals surface area contributed by atoms with Crippen LogP contribution in [0.15, 0.2) is 53.7 Å². The van der Waals surface area contributed by atoms with Crippen molar-refractivity contribution in [3.63, 3.8) is 0 Å². The smallest absolute Gasteiger partial charge is 0.191 e. The van der Waals surface area contributed by atoms with Crippen LogP contribution in [0.25, 0.3) is 5.65 Å². The topological polar surface area (TPSA) is 75.8 Å². The molecule has 0 bridgehead atoms. The number of guanidine groups is 1. The molecule has 0 aliphatic carbocycles. The molecule has 0 saturated heterocycles. The van der Waals surface area contributed by atoms with E-state index in [0.717, 1.165) is 36.1 Å². The molecule has 27 heavy (non-hydrogen) atoms. The standard InChI is InChI=1S/C20H26N6O/c1-3-21-20(22-13-16-8-10-17(11-9-16)15-27-4-2)23-14-19-25-24-18-7-5-6-12-26(18)19/h5-12H,3-4,13-15H2,1-2H3,(H2,21,22,23). The third-order valence-electron chi connectivity index (χ3n) is 4.06. The van der Waals surface area contributed by atoms with E-state index < -0.39 is 0 Å². The summed E-state index contributed by atoms with van der Waals surface area (Å²) in [5.74, 6) is 1.60. The van der Waals surface area contributed by atoms with Gasteiger partial charge in [-0.15, -0.1) is 10.2 Å². The summed E-state index contributed by atoms with van der Waals surface area (Å²) in [5.41, 5.74) is 3.16. The van der Waals surface area contributed by atoms with Crippen molar-refractivity contribution in [3.8, 4) is 0 Å². The van der Waals surface area contributed by atoms with Crippen LogP contribution in [-0.2, 0) is 24.4 Å². The second-order valence-electron chi connectivity index (χ2n) is 6.05. The molecule has 3 rings (SSSR count). The highest BCUT2D eigenvalue weighted by Crippen LogP contribution is 2.07. The van der Waals surface area contributed by atoms with Crippen LogP contribution in [0.2, 0.25) is 0 Å². The van der Waals surface area contributed by atoms with Crippen molar-refractivity contribution in [2.75, 3.05) is 13.2 Å². The number of ether oxygens (including phenoxy) is 1. The predicted molar refractivity (Wildman–Crippen MR) is 106 cm³/mol. The number of nitrogens with one attached hydrogen (secondary N) is 2. The van der Waals surface area contributed by atoms with Crippen LogP contribution in [0.4, 0.5) is 0 Å². The van der Waals surface area contributed by atoms with E-state index in [1.807, 2.05) is 42.6 Å². The Hall–Kier alpha value is -2.93. The van der Waals surface area contributed by atoms with Crippen LogP contribution in [0.3, 0.4) is 0 Å². The highest BCUT2D eigenvalue weighted by molar-refractivity contribution is 5.79. The van der Waals surface area contributed by atoms with E-state index in [0.29, 0.717) is 19.7 Å². The lowest BCUT2D eigenvalue weighted by Gasteiger charge is -2.10. The van der Waals surface area contributed by atoms with Gasteiger partial charge in [0, 0.05) is 19.3 Å². The molecule has 0 aliphatic rings. The van der Waals surface area contributed by atoms with Crippen LogP contribution in [0.1, 0.15) is 30.8 Å². The van der Waals surface area contributed by atoms with Crippen molar-refractivity contribution in [2.45, 2.75) is 33.5 Å². The Kier molecular flexibility index (Phi) is 6.76. The lowest BCUT2D eigenvalue weighted by atomic mass is 10.1. The lowest BCUT2D eigenvalue weighted by molar-refractivity contribution is 0.134. The van der Waals surface area contributed by atoms with Crippen molar-refractivity contribution in [2.24, 2.45) is 4.99 Å². The predicted octanol–water partition coefficient (Wildman–Crippen LogP) is 2.52. The van der Waals surface area contributed by atoms with E-state index in [-0.39, 0.29) is 0 Å². The van der Waals surface area contributed by atoms with Crippen LogP contribution in [0.5, 0.6) is 0 Å². The van der Waals surface area contributed by atoms with Crippen molar-refractivity contribution >= 4 is 11.6 Å².